The number of likely N-dealkylation sites (tertiary alicyclic amines) is 1. The van der Waals surface area contributed by atoms with E-state index < -0.39 is 5.60 Å². The molecule has 2 amide bonds. The van der Waals surface area contributed by atoms with Crippen LogP contribution in [0.3, 0.4) is 0 Å². The van der Waals surface area contributed by atoms with Gasteiger partial charge in [0.15, 0.2) is 0 Å². The van der Waals surface area contributed by atoms with Gasteiger partial charge in [0.05, 0.1) is 7.11 Å². The van der Waals surface area contributed by atoms with Crippen molar-refractivity contribution in [1.29, 1.82) is 0 Å². The fourth-order valence-corrected chi connectivity index (χ4v) is 3.67. The minimum Gasteiger partial charge on any atom is -0.496 e. The van der Waals surface area contributed by atoms with Crippen molar-refractivity contribution in [2.24, 2.45) is 5.92 Å². The maximum Gasteiger partial charge on any atom is 0.410 e. The first-order chi connectivity index (χ1) is 13.1. The van der Waals surface area contributed by atoms with Gasteiger partial charge in [0.1, 0.15) is 11.4 Å². The minimum atomic E-state index is -0.486. The van der Waals surface area contributed by atoms with Crippen molar-refractivity contribution in [3.05, 3.63) is 28.2 Å². The van der Waals surface area contributed by atoms with Crippen LogP contribution in [0.15, 0.2) is 22.7 Å². The Bertz CT molecular complexity index is 694. The van der Waals surface area contributed by atoms with Crippen LogP contribution in [0.4, 0.5) is 4.79 Å². The summed E-state index contributed by atoms with van der Waals surface area (Å²) in [5, 5.41) is 0. The molecular weight excluding hydrogens is 424 g/mol. The first-order valence-electron chi connectivity index (χ1n) is 9.63. The molecule has 0 aromatic heterocycles. The highest BCUT2D eigenvalue weighted by Gasteiger charge is 2.28. The van der Waals surface area contributed by atoms with Crippen molar-refractivity contribution in [2.45, 2.75) is 52.2 Å². The molecule has 1 aliphatic rings. The van der Waals surface area contributed by atoms with Gasteiger partial charge < -0.3 is 19.3 Å². The maximum atomic E-state index is 12.7. The van der Waals surface area contributed by atoms with Crippen LogP contribution in [-0.2, 0) is 16.1 Å². The van der Waals surface area contributed by atoms with Crippen LogP contribution in [0.1, 0.15) is 45.6 Å². The van der Waals surface area contributed by atoms with Gasteiger partial charge in [-0.25, -0.2) is 4.79 Å². The van der Waals surface area contributed by atoms with Gasteiger partial charge in [-0.15, -0.1) is 0 Å². The summed E-state index contributed by atoms with van der Waals surface area (Å²) in [5.41, 5.74) is 0.479. The normalized spacial score (nSPS) is 15.3. The van der Waals surface area contributed by atoms with Crippen molar-refractivity contribution < 1.29 is 19.1 Å². The molecule has 0 aliphatic carbocycles. The minimum absolute atomic E-state index is 0.109. The Morgan fingerprint density at radius 1 is 1.25 bits per heavy atom. The zero-order chi connectivity index (χ0) is 20.9. The molecule has 1 fully saturated rings. The molecule has 1 aliphatic heterocycles. The molecule has 28 heavy (non-hydrogen) atoms. The molecule has 1 heterocycles. The summed E-state index contributed by atoms with van der Waals surface area (Å²) in [6.45, 7) is 7.37. The third-order valence-electron chi connectivity index (χ3n) is 4.81. The molecule has 2 rings (SSSR count). The van der Waals surface area contributed by atoms with Gasteiger partial charge in [-0.05, 0) is 57.7 Å². The summed E-state index contributed by atoms with van der Waals surface area (Å²) in [4.78, 5) is 28.3. The van der Waals surface area contributed by atoms with E-state index in [-0.39, 0.29) is 17.9 Å². The molecule has 0 atom stereocenters. The highest BCUT2D eigenvalue weighted by molar-refractivity contribution is 9.10. The van der Waals surface area contributed by atoms with Crippen molar-refractivity contribution in [1.82, 2.24) is 9.80 Å². The zero-order valence-corrected chi connectivity index (χ0v) is 19.0. The number of methoxy groups -OCH3 is 1. The van der Waals surface area contributed by atoms with Crippen molar-refractivity contribution in [3.8, 4) is 5.75 Å². The Morgan fingerprint density at radius 3 is 2.46 bits per heavy atom. The van der Waals surface area contributed by atoms with Gasteiger partial charge in [-0.2, -0.15) is 0 Å². The third kappa shape index (κ3) is 6.69. The average molecular weight is 455 g/mol. The van der Waals surface area contributed by atoms with Crippen molar-refractivity contribution in [2.75, 3.05) is 27.2 Å². The van der Waals surface area contributed by atoms with Gasteiger partial charge >= 0.3 is 6.09 Å². The third-order valence-corrected chi connectivity index (χ3v) is 5.30. The lowest BCUT2D eigenvalue weighted by Gasteiger charge is -2.33. The number of carbonyl (C=O) groups excluding carboxylic acids is 2. The summed E-state index contributed by atoms with van der Waals surface area (Å²) in [7, 11) is 3.45. The maximum absolute atomic E-state index is 12.7. The van der Waals surface area contributed by atoms with Gasteiger partial charge in [0, 0.05) is 43.1 Å². The number of halogens is 1. The van der Waals surface area contributed by atoms with E-state index in [9.17, 15) is 9.59 Å². The van der Waals surface area contributed by atoms with Crippen LogP contribution in [-0.4, -0.2) is 54.6 Å². The Balaban J connectivity index is 1.84. The molecule has 7 heteroatoms. The van der Waals surface area contributed by atoms with Gasteiger partial charge in [-0.3, -0.25) is 4.79 Å². The number of hydrogen-bond acceptors (Lipinski definition) is 4. The van der Waals surface area contributed by atoms with E-state index in [1.54, 1.807) is 16.9 Å². The molecular formula is C21H31BrN2O4. The lowest BCUT2D eigenvalue weighted by molar-refractivity contribution is -0.131. The summed E-state index contributed by atoms with van der Waals surface area (Å²) < 4.78 is 11.8. The molecule has 0 bridgehead atoms. The van der Waals surface area contributed by atoms with E-state index in [4.69, 9.17) is 9.47 Å². The van der Waals surface area contributed by atoms with E-state index in [2.05, 4.69) is 15.9 Å². The Hall–Kier alpha value is -1.76. The standard InChI is InChI=1S/C21H31BrN2O4/c1-21(2,3)28-20(26)24-10-8-15(9-11-24)12-19(25)23(4)14-16-13-17(22)6-7-18(16)27-5/h6-7,13,15H,8-12,14H2,1-5H3. The quantitative estimate of drug-likeness (QED) is 0.658. The number of ether oxygens (including phenoxy) is 2. The Labute approximate surface area is 176 Å². The molecule has 1 saturated heterocycles. The Morgan fingerprint density at radius 2 is 1.89 bits per heavy atom. The SMILES string of the molecule is COc1ccc(Br)cc1CN(C)C(=O)CC1CCN(C(=O)OC(C)(C)C)CC1. The van der Waals surface area contributed by atoms with Gasteiger partial charge in [0.25, 0.3) is 0 Å². The number of amides is 2. The number of carbonyl (C=O) groups is 2. The highest BCUT2D eigenvalue weighted by atomic mass is 79.9. The smallest absolute Gasteiger partial charge is 0.410 e. The number of benzene rings is 1. The molecule has 0 N–H and O–H groups in total. The molecule has 6 nitrogen and oxygen atoms in total. The molecule has 1 aromatic rings. The van der Waals surface area contributed by atoms with Crippen LogP contribution < -0.4 is 4.74 Å². The fourth-order valence-electron chi connectivity index (χ4n) is 3.26. The Kier molecular flexibility index (Phi) is 7.75. The van der Waals surface area contributed by atoms with Crippen LogP contribution in [0, 0.1) is 5.92 Å². The fraction of sp³-hybridized carbons (Fsp3) is 0.619. The monoisotopic (exact) mass is 454 g/mol. The molecule has 0 radical (unpaired) electrons. The second kappa shape index (κ2) is 9.63. The molecule has 0 saturated carbocycles. The van der Waals surface area contributed by atoms with Gasteiger partial charge in [-0.1, -0.05) is 15.9 Å². The van der Waals surface area contributed by atoms with E-state index in [1.807, 2.05) is 46.0 Å². The van der Waals surface area contributed by atoms with Crippen molar-refractivity contribution in [3.63, 3.8) is 0 Å². The number of piperidine rings is 1. The van der Waals surface area contributed by atoms with E-state index in [0.717, 1.165) is 28.6 Å². The zero-order valence-electron chi connectivity index (χ0n) is 17.5. The van der Waals surface area contributed by atoms with Crippen LogP contribution in [0.2, 0.25) is 0 Å². The topological polar surface area (TPSA) is 59.1 Å². The van der Waals surface area contributed by atoms with Crippen LogP contribution >= 0.6 is 15.9 Å². The predicted octanol–water partition coefficient (Wildman–Crippen LogP) is 4.45. The van der Waals surface area contributed by atoms with Gasteiger partial charge in [0.2, 0.25) is 5.91 Å². The summed E-state index contributed by atoms with van der Waals surface area (Å²) >= 11 is 3.47. The summed E-state index contributed by atoms with van der Waals surface area (Å²) in [5.74, 6) is 1.17. The number of hydrogen-bond donors (Lipinski definition) is 0. The molecule has 1 aromatic carbocycles. The molecule has 156 valence electrons. The highest BCUT2D eigenvalue weighted by Crippen LogP contribution is 2.26. The van der Waals surface area contributed by atoms with Crippen LogP contribution in [0.25, 0.3) is 0 Å². The van der Waals surface area contributed by atoms with Crippen molar-refractivity contribution >= 4 is 27.9 Å². The van der Waals surface area contributed by atoms with E-state index >= 15 is 0 Å². The largest absolute Gasteiger partial charge is 0.496 e. The second-order valence-electron chi connectivity index (χ2n) is 8.32. The van der Waals surface area contributed by atoms with Crippen LogP contribution in [0.5, 0.6) is 5.75 Å². The van der Waals surface area contributed by atoms with E-state index in [1.165, 1.54) is 0 Å². The summed E-state index contributed by atoms with van der Waals surface area (Å²) in [6, 6.07) is 5.79. The second-order valence-corrected chi connectivity index (χ2v) is 9.24. The first kappa shape index (κ1) is 22.5. The van der Waals surface area contributed by atoms with E-state index in [0.29, 0.717) is 26.1 Å². The molecule has 0 spiro atoms. The first-order valence-corrected chi connectivity index (χ1v) is 10.4. The summed E-state index contributed by atoms with van der Waals surface area (Å²) in [6.07, 6.45) is 1.86. The number of rotatable bonds is 5. The lowest BCUT2D eigenvalue weighted by Crippen LogP contribution is -2.42. The lowest BCUT2D eigenvalue weighted by atomic mass is 9.93. The predicted molar refractivity (Wildman–Crippen MR) is 112 cm³/mol. The number of nitrogens with zero attached hydrogens (tertiary/aromatic N) is 2. The molecule has 0 unspecified atom stereocenters. The average Bonchev–Trinajstić information content (AvgIpc) is 2.61.